The van der Waals surface area contributed by atoms with Gasteiger partial charge in [-0.2, -0.15) is 0 Å². The van der Waals surface area contributed by atoms with E-state index in [2.05, 4.69) is 10.6 Å². The van der Waals surface area contributed by atoms with Crippen LogP contribution in [0.15, 0.2) is 41.8 Å². The summed E-state index contributed by atoms with van der Waals surface area (Å²) in [5.41, 5.74) is 0.359. The summed E-state index contributed by atoms with van der Waals surface area (Å²) >= 11 is 1.27. The van der Waals surface area contributed by atoms with Crippen LogP contribution in [0.1, 0.15) is 20.0 Å². The Balaban J connectivity index is 2.01. The molecule has 0 aliphatic heterocycles. The molecule has 1 aromatic carbocycles. The number of ether oxygens (including phenoxy) is 1. The first kappa shape index (κ1) is 18.1. The zero-order valence-electron chi connectivity index (χ0n) is 13.2. The van der Waals surface area contributed by atoms with Crippen molar-refractivity contribution >= 4 is 40.8 Å². The number of hydrogen-bond donors (Lipinski definition) is 3. The van der Waals surface area contributed by atoms with Crippen molar-refractivity contribution in [1.29, 1.82) is 0 Å². The highest BCUT2D eigenvalue weighted by atomic mass is 32.1. The highest BCUT2D eigenvalue weighted by molar-refractivity contribution is 7.12. The first-order valence-corrected chi connectivity index (χ1v) is 8.02. The molecule has 1 heterocycles. The molecule has 0 fully saturated rings. The van der Waals surface area contributed by atoms with Crippen LogP contribution in [0.3, 0.4) is 0 Å². The van der Waals surface area contributed by atoms with Crippen LogP contribution in [0.4, 0.5) is 10.5 Å². The second-order valence-electron chi connectivity index (χ2n) is 4.68. The number of rotatable bonds is 5. The molecule has 2 rings (SSSR count). The fourth-order valence-corrected chi connectivity index (χ4v) is 2.41. The predicted molar refractivity (Wildman–Crippen MR) is 91.6 cm³/mol. The molecule has 130 valence electrons. The Labute approximate surface area is 147 Å². The fourth-order valence-electron chi connectivity index (χ4n) is 1.80. The van der Waals surface area contributed by atoms with Gasteiger partial charge >= 0.3 is 12.0 Å². The number of esters is 1. The molecule has 0 saturated carbocycles. The van der Waals surface area contributed by atoms with E-state index in [1.807, 2.05) is 5.32 Å². The van der Waals surface area contributed by atoms with Crippen molar-refractivity contribution in [1.82, 2.24) is 10.6 Å². The van der Waals surface area contributed by atoms with E-state index in [9.17, 15) is 19.2 Å². The van der Waals surface area contributed by atoms with Crippen molar-refractivity contribution in [3.63, 3.8) is 0 Å². The number of amides is 4. The van der Waals surface area contributed by atoms with Crippen LogP contribution >= 0.6 is 11.3 Å². The van der Waals surface area contributed by atoms with Gasteiger partial charge in [-0.1, -0.05) is 18.2 Å². The molecule has 0 bridgehead atoms. The van der Waals surface area contributed by atoms with E-state index in [1.165, 1.54) is 24.5 Å². The molecule has 1 aromatic heterocycles. The minimum Gasteiger partial charge on any atom is -0.452 e. The number of benzene rings is 1. The van der Waals surface area contributed by atoms with E-state index in [-0.39, 0.29) is 17.2 Å². The maximum Gasteiger partial charge on any atom is 0.340 e. The molecule has 9 heteroatoms. The Kier molecular flexibility index (Phi) is 6.24. The summed E-state index contributed by atoms with van der Waals surface area (Å²) in [6.07, 6.45) is 0. The zero-order valence-corrected chi connectivity index (χ0v) is 14.0. The molecular formula is C16H15N3O5S. The fraction of sp³-hybridized carbons (Fsp3) is 0.125. The molecule has 25 heavy (non-hydrogen) atoms. The van der Waals surface area contributed by atoms with Gasteiger partial charge in [0.25, 0.3) is 11.8 Å². The van der Waals surface area contributed by atoms with Crippen LogP contribution in [0, 0.1) is 0 Å². The van der Waals surface area contributed by atoms with Crippen LogP contribution in [0.5, 0.6) is 0 Å². The normalized spacial score (nSPS) is 9.80. The van der Waals surface area contributed by atoms with Crippen LogP contribution in [0.2, 0.25) is 0 Å². The molecule has 0 atom stereocenters. The minimum absolute atomic E-state index is 0.0974. The molecule has 8 nitrogen and oxygen atoms in total. The number of nitrogens with one attached hydrogen (secondary N) is 3. The Hall–Kier alpha value is -3.20. The lowest BCUT2D eigenvalue weighted by molar-refractivity contribution is -0.123. The first-order chi connectivity index (χ1) is 12.0. The summed E-state index contributed by atoms with van der Waals surface area (Å²) in [6.45, 7) is -0.626. The molecule has 0 aliphatic carbocycles. The summed E-state index contributed by atoms with van der Waals surface area (Å²) in [5.74, 6) is -1.92. The van der Waals surface area contributed by atoms with Crippen molar-refractivity contribution in [2.24, 2.45) is 0 Å². The van der Waals surface area contributed by atoms with E-state index in [4.69, 9.17) is 4.74 Å². The lowest BCUT2D eigenvalue weighted by Crippen LogP contribution is -2.39. The van der Waals surface area contributed by atoms with Gasteiger partial charge in [0, 0.05) is 7.05 Å². The Bertz CT molecular complexity index is 789. The van der Waals surface area contributed by atoms with Gasteiger partial charge in [-0.15, -0.1) is 11.3 Å². The second kappa shape index (κ2) is 8.60. The lowest BCUT2D eigenvalue weighted by Gasteiger charge is -2.10. The third-order valence-corrected chi connectivity index (χ3v) is 3.82. The zero-order chi connectivity index (χ0) is 18.2. The number of carbonyl (C=O) groups excluding carboxylic acids is 4. The van der Waals surface area contributed by atoms with Gasteiger partial charge in [-0.25, -0.2) is 9.59 Å². The maximum absolute atomic E-state index is 12.1. The number of para-hydroxylation sites is 1. The molecule has 0 unspecified atom stereocenters. The molecule has 2 aromatic rings. The summed E-state index contributed by atoms with van der Waals surface area (Å²) in [5, 5.41) is 8.56. The van der Waals surface area contributed by atoms with Crippen molar-refractivity contribution < 1.29 is 23.9 Å². The standard InChI is InChI=1S/C16H15N3O5S/c1-17-16(23)19-13(20)9-24-15(22)10-5-2-3-6-11(10)18-14(21)12-7-4-8-25-12/h2-8H,9H2,1H3,(H,18,21)(H2,17,19,20,23). The number of thiophene rings is 1. The van der Waals surface area contributed by atoms with Gasteiger partial charge in [-0.05, 0) is 23.6 Å². The van der Waals surface area contributed by atoms with E-state index in [0.29, 0.717) is 4.88 Å². The summed E-state index contributed by atoms with van der Waals surface area (Å²) in [4.78, 5) is 47.2. The summed E-state index contributed by atoms with van der Waals surface area (Å²) < 4.78 is 4.87. The first-order valence-electron chi connectivity index (χ1n) is 7.14. The van der Waals surface area contributed by atoms with Gasteiger partial charge in [0.15, 0.2) is 6.61 Å². The van der Waals surface area contributed by atoms with Crippen molar-refractivity contribution in [3.05, 3.63) is 52.2 Å². The summed E-state index contributed by atoms with van der Waals surface area (Å²) in [7, 11) is 1.35. The molecule has 0 radical (unpaired) electrons. The molecule has 0 spiro atoms. The van der Waals surface area contributed by atoms with Crippen LogP contribution in [-0.2, 0) is 9.53 Å². The topological polar surface area (TPSA) is 114 Å². The highest BCUT2D eigenvalue weighted by Gasteiger charge is 2.17. The van der Waals surface area contributed by atoms with Gasteiger partial charge in [-0.3, -0.25) is 14.9 Å². The Morgan fingerprint density at radius 3 is 2.52 bits per heavy atom. The van der Waals surface area contributed by atoms with Crippen molar-refractivity contribution in [2.75, 3.05) is 19.0 Å². The molecule has 0 saturated heterocycles. The van der Waals surface area contributed by atoms with Gasteiger partial charge in [0.05, 0.1) is 16.1 Å². The molecule has 0 aliphatic rings. The third kappa shape index (κ3) is 5.15. The third-order valence-electron chi connectivity index (χ3n) is 2.95. The molecule has 3 N–H and O–H groups in total. The highest BCUT2D eigenvalue weighted by Crippen LogP contribution is 2.18. The van der Waals surface area contributed by atoms with Gasteiger partial charge in [0.2, 0.25) is 0 Å². The van der Waals surface area contributed by atoms with E-state index in [0.717, 1.165) is 0 Å². The Morgan fingerprint density at radius 2 is 1.84 bits per heavy atom. The van der Waals surface area contributed by atoms with Gasteiger partial charge in [0.1, 0.15) is 0 Å². The second-order valence-corrected chi connectivity index (χ2v) is 5.63. The van der Waals surface area contributed by atoms with E-state index >= 15 is 0 Å². The van der Waals surface area contributed by atoms with Crippen LogP contribution in [-0.4, -0.2) is 37.5 Å². The van der Waals surface area contributed by atoms with Crippen molar-refractivity contribution in [2.45, 2.75) is 0 Å². The quantitative estimate of drug-likeness (QED) is 0.700. The van der Waals surface area contributed by atoms with E-state index in [1.54, 1.807) is 35.7 Å². The average molecular weight is 361 g/mol. The number of carbonyl (C=O) groups is 4. The smallest absolute Gasteiger partial charge is 0.340 e. The largest absolute Gasteiger partial charge is 0.452 e. The number of anilines is 1. The summed E-state index contributed by atoms with van der Waals surface area (Å²) in [6, 6.07) is 8.95. The molecule has 4 amide bonds. The number of urea groups is 1. The van der Waals surface area contributed by atoms with Crippen molar-refractivity contribution in [3.8, 4) is 0 Å². The van der Waals surface area contributed by atoms with E-state index < -0.39 is 24.5 Å². The van der Waals surface area contributed by atoms with Crippen LogP contribution < -0.4 is 16.0 Å². The Morgan fingerprint density at radius 1 is 1.08 bits per heavy atom. The van der Waals surface area contributed by atoms with Crippen LogP contribution in [0.25, 0.3) is 0 Å². The molecular weight excluding hydrogens is 346 g/mol. The number of hydrogen-bond acceptors (Lipinski definition) is 6. The lowest BCUT2D eigenvalue weighted by atomic mass is 10.2. The SMILES string of the molecule is CNC(=O)NC(=O)COC(=O)c1ccccc1NC(=O)c1cccs1. The average Bonchev–Trinajstić information content (AvgIpc) is 3.14. The minimum atomic E-state index is -0.797. The monoisotopic (exact) mass is 361 g/mol. The van der Waals surface area contributed by atoms with Gasteiger partial charge < -0.3 is 15.4 Å². The predicted octanol–water partition coefficient (Wildman–Crippen LogP) is 1.61. The number of imide groups is 1. The maximum atomic E-state index is 12.1.